The standard InChI is InChI=1S/C14H9Br2ClO/c15-11-5-1-9(2-6-11)13(14(17)18)10-3-7-12(16)8-4-10/h1-8,13H. The Labute approximate surface area is 127 Å². The average molecular weight is 388 g/mol. The summed E-state index contributed by atoms with van der Waals surface area (Å²) in [5.41, 5.74) is 1.78. The second kappa shape index (κ2) is 6.00. The zero-order valence-corrected chi connectivity index (χ0v) is 13.2. The first-order valence-corrected chi connectivity index (χ1v) is 7.24. The van der Waals surface area contributed by atoms with Crippen molar-refractivity contribution in [2.75, 3.05) is 0 Å². The normalized spacial score (nSPS) is 10.7. The largest absolute Gasteiger partial charge is 0.280 e. The monoisotopic (exact) mass is 386 g/mol. The first-order chi connectivity index (χ1) is 8.58. The Hall–Kier alpha value is -0.640. The van der Waals surface area contributed by atoms with Gasteiger partial charge in [-0.15, -0.1) is 0 Å². The van der Waals surface area contributed by atoms with Crippen molar-refractivity contribution in [3.63, 3.8) is 0 Å². The van der Waals surface area contributed by atoms with Gasteiger partial charge in [0.2, 0.25) is 5.24 Å². The third-order valence-corrected chi connectivity index (χ3v) is 3.91. The molecule has 0 saturated heterocycles. The molecule has 0 radical (unpaired) electrons. The average Bonchev–Trinajstić information content (AvgIpc) is 2.34. The van der Waals surface area contributed by atoms with E-state index in [1.165, 1.54) is 0 Å². The summed E-state index contributed by atoms with van der Waals surface area (Å²) in [6.07, 6.45) is 0. The summed E-state index contributed by atoms with van der Waals surface area (Å²) in [6, 6.07) is 15.2. The van der Waals surface area contributed by atoms with E-state index in [2.05, 4.69) is 31.9 Å². The molecule has 0 N–H and O–H groups in total. The van der Waals surface area contributed by atoms with Crippen molar-refractivity contribution in [3.05, 3.63) is 68.6 Å². The van der Waals surface area contributed by atoms with Crippen molar-refractivity contribution in [3.8, 4) is 0 Å². The van der Waals surface area contributed by atoms with Crippen molar-refractivity contribution in [2.24, 2.45) is 0 Å². The van der Waals surface area contributed by atoms with Gasteiger partial charge in [-0.2, -0.15) is 0 Å². The molecule has 0 aliphatic rings. The minimum atomic E-state index is -0.423. The van der Waals surface area contributed by atoms with Gasteiger partial charge in [0.1, 0.15) is 0 Å². The summed E-state index contributed by atoms with van der Waals surface area (Å²) < 4.78 is 1.95. The molecule has 2 rings (SSSR count). The molecule has 0 atom stereocenters. The quantitative estimate of drug-likeness (QED) is 0.668. The Morgan fingerprint density at radius 1 is 0.833 bits per heavy atom. The highest BCUT2D eigenvalue weighted by Crippen LogP contribution is 2.29. The van der Waals surface area contributed by atoms with Crippen LogP contribution in [0, 0.1) is 0 Å². The van der Waals surface area contributed by atoms with E-state index in [0.29, 0.717) is 0 Å². The maximum Gasteiger partial charge on any atom is 0.233 e. The fourth-order valence-electron chi connectivity index (χ4n) is 1.76. The van der Waals surface area contributed by atoms with Crippen LogP contribution >= 0.6 is 43.5 Å². The third kappa shape index (κ3) is 3.22. The molecule has 4 heteroatoms. The van der Waals surface area contributed by atoms with Crippen LogP contribution in [-0.4, -0.2) is 5.24 Å². The number of hydrogen-bond donors (Lipinski definition) is 0. The van der Waals surface area contributed by atoms with Gasteiger partial charge in [0.05, 0.1) is 5.92 Å². The molecule has 0 aliphatic heterocycles. The lowest BCUT2D eigenvalue weighted by molar-refractivity contribution is -0.112. The van der Waals surface area contributed by atoms with Crippen LogP contribution in [0.4, 0.5) is 0 Å². The minimum absolute atomic E-state index is 0.375. The second-order valence-corrected chi connectivity index (χ2v) is 6.04. The molecule has 0 heterocycles. The highest BCUT2D eigenvalue weighted by molar-refractivity contribution is 9.10. The summed E-state index contributed by atoms with van der Waals surface area (Å²) in [5.74, 6) is -0.423. The first-order valence-electron chi connectivity index (χ1n) is 5.28. The van der Waals surface area contributed by atoms with Gasteiger partial charge in [-0.1, -0.05) is 56.1 Å². The van der Waals surface area contributed by atoms with Crippen LogP contribution in [0.3, 0.4) is 0 Å². The summed E-state index contributed by atoms with van der Waals surface area (Å²) in [7, 11) is 0. The molecule has 0 aliphatic carbocycles. The van der Waals surface area contributed by atoms with Gasteiger partial charge in [0, 0.05) is 8.95 Å². The van der Waals surface area contributed by atoms with Crippen LogP contribution in [-0.2, 0) is 4.79 Å². The molecule has 0 fully saturated rings. The second-order valence-electron chi connectivity index (χ2n) is 3.84. The van der Waals surface area contributed by atoms with E-state index >= 15 is 0 Å². The molecule has 92 valence electrons. The van der Waals surface area contributed by atoms with Crippen molar-refractivity contribution in [1.82, 2.24) is 0 Å². The van der Waals surface area contributed by atoms with Crippen molar-refractivity contribution in [2.45, 2.75) is 5.92 Å². The minimum Gasteiger partial charge on any atom is -0.280 e. The van der Waals surface area contributed by atoms with Gasteiger partial charge in [0.15, 0.2) is 0 Å². The van der Waals surface area contributed by atoms with Crippen molar-refractivity contribution in [1.29, 1.82) is 0 Å². The zero-order chi connectivity index (χ0) is 13.1. The maximum absolute atomic E-state index is 11.7. The lowest BCUT2D eigenvalue weighted by Crippen LogP contribution is -2.08. The number of rotatable bonds is 3. The lowest BCUT2D eigenvalue weighted by Gasteiger charge is -2.13. The molecule has 2 aromatic rings. The van der Waals surface area contributed by atoms with Gasteiger partial charge in [-0.3, -0.25) is 4.79 Å². The van der Waals surface area contributed by atoms with E-state index in [1.807, 2.05) is 48.5 Å². The summed E-state index contributed by atoms with van der Waals surface area (Å²) in [4.78, 5) is 11.7. The zero-order valence-electron chi connectivity index (χ0n) is 9.24. The molecular formula is C14H9Br2ClO. The molecular weight excluding hydrogens is 379 g/mol. The Balaban J connectivity index is 2.43. The van der Waals surface area contributed by atoms with Gasteiger partial charge in [-0.25, -0.2) is 0 Å². The van der Waals surface area contributed by atoms with E-state index in [9.17, 15) is 4.79 Å². The molecule has 0 unspecified atom stereocenters. The molecule has 1 nitrogen and oxygen atoms in total. The number of halogens is 3. The van der Waals surface area contributed by atoms with Gasteiger partial charge in [0.25, 0.3) is 0 Å². The Kier molecular flexibility index (Phi) is 4.60. The van der Waals surface area contributed by atoms with Crippen LogP contribution < -0.4 is 0 Å². The topological polar surface area (TPSA) is 17.1 Å². The van der Waals surface area contributed by atoms with E-state index in [1.54, 1.807) is 0 Å². The van der Waals surface area contributed by atoms with Crippen LogP contribution in [0.2, 0.25) is 0 Å². The van der Waals surface area contributed by atoms with Crippen LogP contribution in [0.5, 0.6) is 0 Å². The Bertz CT molecular complexity index is 504. The predicted octanol–water partition coefficient (Wildman–Crippen LogP) is 5.11. The number of carbonyl (C=O) groups is 1. The van der Waals surface area contributed by atoms with E-state index in [4.69, 9.17) is 11.6 Å². The summed E-state index contributed by atoms with van der Waals surface area (Å²) >= 11 is 12.5. The molecule has 0 aromatic heterocycles. The van der Waals surface area contributed by atoms with Gasteiger partial charge in [-0.05, 0) is 47.0 Å². The van der Waals surface area contributed by atoms with E-state index < -0.39 is 5.92 Å². The highest BCUT2D eigenvalue weighted by Gasteiger charge is 2.20. The molecule has 2 aromatic carbocycles. The Morgan fingerprint density at radius 2 is 1.17 bits per heavy atom. The molecule has 0 spiro atoms. The Morgan fingerprint density at radius 3 is 1.44 bits per heavy atom. The smallest absolute Gasteiger partial charge is 0.233 e. The van der Waals surface area contributed by atoms with Gasteiger partial charge < -0.3 is 0 Å². The summed E-state index contributed by atoms with van der Waals surface area (Å²) in [6.45, 7) is 0. The number of hydrogen-bond acceptors (Lipinski definition) is 1. The van der Waals surface area contributed by atoms with Crippen LogP contribution in [0.1, 0.15) is 17.0 Å². The van der Waals surface area contributed by atoms with Gasteiger partial charge >= 0.3 is 0 Å². The van der Waals surface area contributed by atoms with E-state index in [0.717, 1.165) is 20.1 Å². The van der Waals surface area contributed by atoms with Crippen molar-refractivity contribution < 1.29 is 4.79 Å². The lowest BCUT2D eigenvalue weighted by atomic mass is 9.93. The fourth-order valence-corrected chi connectivity index (χ4v) is 2.55. The third-order valence-electron chi connectivity index (χ3n) is 2.63. The highest BCUT2D eigenvalue weighted by atomic mass is 79.9. The molecule has 0 bridgehead atoms. The molecule has 0 saturated carbocycles. The van der Waals surface area contributed by atoms with Crippen LogP contribution in [0.25, 0.3) is 0 Å². The fraction of sp³-hybridized carbons (Fsp3) is 0.0714. The predicted molar refractivity (Wildman–Crippen MR) is 81.0 cm³/mol. The maximum atomic E-state index is 11.7. The first kappa shape index (κ1) is 13.8. The summed E-state index contributed by atoms with van der Waals surface area (Å²) in [5, 5.41) is -0.375. The molecule has 18 heavy (non-hydrogen) atoms. The van der Waals surface area contributed by atoms with E-state index in [-0.39, 0.29) is 5.24 Å². The number of benzene rings is 2. The van der Waals surface area contributed by atoms with Crippen LogP contribution in [0.15, 0.2) is 57.5 Å². The van der Waals surface area contributed by atoms with Crippen molar-refractivity contribution >= 4 is 48.7 Å². The number of carbonyl (C=O) groups excluding carboxylic acids is 1. The molecule has 0 amide bonds. The SMILES string of the molecule is O=C(Cl)C(c1ccc(Br)cc1)c1ccc(Br)cc1.